The van der Waals surface area contributed by atoms with E-state index < -0.39 is 20.2 Å². The summed E-state index contributed by atoms with van der Waals surface area (Å²) in [5, 5.41) is 5.03. The van der Waals surface area contributed by atoms with Gasteiger partial charge >= 0.3 is 0 Å². The predicted molar refractivity (Wildman–Crippen MR) is 74.4 cm³/mol. The van der Waals surface area contributed by atoms with E-state index in [1.807, 2.05) is 0 Å². The van der Waals surface area contributed by atoms with Crippen molar-refractivity contribution in [2.45, 2.75) is 24.3 Å². The standard InChI is InChI=1S/C11H17N3O4S2/c12-19(15,16)11-5-3-4-10(8-11)9-13-20(17,18)14-6-1-2-7-14/h3-5,8,13H,1-2,6-7,9H2,(H2,12,15,16). The summed E-state index contributed by atoms with van der Waals surface area (Å²) < 4.78 is 50.2. The molecule has 20 heavy (non-hydrogen) atoms. The largest absolute Gasteiger partial charge is 0.279 e. The highest BCUT2D eigenvalue weighted by molar-refractivity contribution is 7.89. The van der Waals surface area contributed by atoms with Crippen LogP contribution in [0.3, 0.4) is 0 Å². The lowest BCUT2D eigenvalue weighted by atomic mass is 10.2. The van der Waals surface area contributed by atoms with E-state index in [1.54, 1.807) is 6.07 Å². The number of sulfonamides is 1. The maximum absolute atomic E-state index is 12.0. The van der Waals surface area contributed by atoms with Gasteiger partial charge in [0.1, 0.15) is 0 Å². The molecule has 1 heterocycles. The van der Waals surface area contributed by atoms with Crippen LogP contribution >= 0.6 is 0 Å². The molecule has 1 aromatic carbocycles. The Bertz CT molecular complexity index is 679. The summed E-state index contributed by atoms with van der Waals surface area (Å²) in [5.74, 6) is 0. The number of nitrogens with zero attached hydrogens (tertiary/aromatic N) is 1. The Morgan fingerprint density at radius 1 is 1.15 bits per heavy atom. The molecule has 9 heteroatoms. The van der Waals surface area contributed by atoms with Crippen LogP contribution in [0.5, 0.6) is 0 Å². The topological polar surface area (TPSA) is 110 Å². The molecule has 1 aliphatic heterocycles. The number of nitrogens with one attached hydrogen (secondary N) is 1. The Hall–Kier alpha value is -1.00. The fraction of sp³-hybridized carbons (Fsp3) is 0.455. The number of benzene rings is 1. The molecular formula is C11H17N3O4S2. The van der Waals surface area contributed by atoms with Crippen LogP contribution in [-0.4, -0.2) is 34.2 Å². The molecule has 2 rings (SSSR count). The third-order valence-corrected chi connectivity index (χ3v) is 5.56. The first-order valence-electron chi connectivity index (χ1n) is 6.15. The van der Waals surface area contributed by atoms with E-state index in [-0.39, 0.29) is 11.4 Å². The molecule has 0 spiro atoms. The third-order valence-electron chi connectivity index (χ3n) is 3.09. The number of nitrogens with two attached hydrogens (primary N) is 1. The molecule has 3 N–H and O–H groups in total. The second-order valence-electron chi connectivity index (χ2n) is 4.62. The summed E-state index contributed by atoms with van der Waals surface area (Å²) in [7, 11) is -7.29. The monoisotopic (exact) mass is 319 g/mol. The van der Waals surface area contributed by atoms with Gasteiger partial charge in [-0.2, -0.15) is 17.4 Å². The van der Waals surface area contributed by atoms with E-state index in [4.69, 9.17) is 5.14 Å². The third kappa shape index (κ3) is 3.76. The molecule has 0 radical (unpaired) electrons. The maximum atomic E-state index is 12.0. The normalized spacial score (nSPS) is 17.4. The van der Waals surface area contributed by atoms with Gasteiger partial charge in [0.2, 0.25) is 10.0 Å². The van der Waals surface area contributed by atoms with Crippen molar-refractivity contribution >= 4 is 20.2 Å². The average molecular weight is 319 g/mol. The van der Waals surface area contributed by atoms with Gasteiger partial charge in [0.25, 0.3) is 10.2 Å². The highest BCUT2D eigenvalue weighted by Crippen LogP contribution is 2.13. The Morgan fingerprint density at radius 2 is 1.80 bits per heavy atom. The molecule has 0 aromatic heterocycles. The number of rotatable bonds is 5. The predicted octanol–water partition coefficient (Wildman–Crippen LogP) is -0.236. The fourth-order valence-corrected chi connectivity index (χ4v) is 3.88. The quantitative estimate of drug-likeness (QED) is 0.780. The van der Waals surface area contributed by atoms with Crippen LogP contribution in [0.1, 0.15) is 18.4 Å². The van der Waals surface area contributed by atoms with Crippen LogP contribution in [0.25, 0.3) is 0 Å². The Balaban J connectivity index is 2.08. The van der Waals surface area contributed by atoms with Crippen molar-refractivity contribution in [2.24, 2.45) is 5.14 Å². The zero-order valence-corrected chi connectivity index (χ0v) is 12.5. The molecule has 1 aromatic rings. The van der Waals surface area contributed by atoms with Crippen LogP contribution in [0, 0.1) is 0 Å². The van der Waals surface area contributed by atoms with Gasteiger partial charge in [-0.05, 0) is 30.5 Å². The zero-order valence-electron chi connectivity index (χ0n) is 10.8. The van der Waals surface area contributed by atoms with Crippen molar-refractivity contribution in [2.75, 3.05) is 13.1 Å². The van der Waals surface area contributed by atoms with Crippen LogP contribution in [0.4, 0.5) is 0 Å². The van der Waals surface area contributed by atoms with Gasteiger partial charge in [0.05, 0.1) is 4.90 Å². The summed E-state index contributed by atoms with van der Waals surface area (Å²) in [6.07, 6.45) is 1.73. The van der Waals surface area contributed by atoms with Gasteiger partial charge in [-0.25, -0.2) is 13.6 Å². The smallest absolute Gasteiger partial charge is 0.225 e. The number of primary sulfonamides is 1. The Kier molecular flexibility index (Phi) is 4.45. The van der Waals surface area contributed by atoms with Crippen molar-refractivity contribution in [1.82, 2.24) is 9.03 Å². The minimum Gasteiger partial charge on any atom is -0.225 e. The van der Waals surface area contributed by atoms with Crippen molar-refractivity contribution in [3.05, 3.63) is 29.8 Å². The number of hydrogen-bond donors (Lipinski definition) is 2. The molecule has 1 saturated heterocycles. The molecule has 1 fully saturated rings. The van der Waals surface area contributed by atoms with Gasteiger partial charge in [0, 0.05) is 19.6 Å². The van der Waals surface area contributed by atoms with E-state index in [1.165, 1.54) is 22.5 Å². The molecular weight excluding hydrogens is 302 g/mol. The van der Waals surface area contributed by atoms with Gasteiger partial charge in [-0.15, -0.1) is 0 Å². The van der Waals surface area contributed by atoms with Crippen LogP contribution in [0.15, 0.2) is 29.2 Å². The summed E-state index contributed by atoms with van der Waals surface area (Å²) >= 11 is 0. The Labute approximate surface area is 119 Å². The highest BCUT2D eigenvalue weighted by atomic mass is 32.2. The maximum Gasteiger partial charge on any atom is 0.279 e. The molecule has 0 saturated carbocycles. The minimum absolute atomic E-state index is 0.0300. The van der Waals surface area contributed by atoms with E-state index in [2.05, 4.69) is 4.72 Å². The van der Waals surface area contributed by atoms with E-state index in [0.29, 0.717) is 18.7 Å². The van der Waals surface area contributed by atoms with Gasteiger partial charge in [-0.1, -0.05) is 12.1 Å². The van der Waals surface area contributed by atoms with E-state index in [0.717, 1.165) is 12.8 Å². The molecule has 0 atom stereocenters. The lowest BCUT2D eigenvalue weighted by Gasteiger charge is -2.16. The highest BCUT2D eigenvalue weighted by Gasteiger charge is 2.24. The molecule has 0 amide bonds. The average Bonchev–Trinajstić information content (AvgIpc) is 2.90. The minimum atomic E-state index is -3.78. The zero-order chi connectivity index (χ0) is 14.8. The summed E-state index contributed by atoms with van der Waals surface area (Å²) in [6.45, 7) is 1.07. The van der Waals surface area contributed by atoms with Gasteiger partial charge < -0.3 is 0 Å². The lowest BCUT2D eigenvalue weighted by Crippen LogP contribution is -2.38. The summed E-state index contributed by atoms with van der Waals surface area (Å²) in [6, 6.07) is 5.90. The Morgan fingerprint density at radius 3 is 2.40 bits per heavy atom. The summed E-state index contributed by atoms with van der Waals surface area (Å²) in [4.78, 5) is -0.0321. The molecule has 0 aliphatic carbocycles. The van der Waals surface area contributed by atoms with Gasteiger partial charge in [-0.3, -0.25) is 0 Å². The second-order valence-corrected chi connectivity index (χ2v) is 7.94. The molecule has 112 valence electrons. The van der Waals surface area contributed by atoms with Crippen LogP contribution in [-0.2, 0) is 26.8 Å². The first-order valence-corrected chi connectivity index (χ1v) is 9.14. The van der Waals surface area contributed by atoms with Crippen molar-refractivity contribution in [3.63, 3.8) is 0 Å². The van der Waals surface area contributed by atoms with Crippen LogP contribution in [0.2, 0.25) is 0 Å². The van der Waals surface area contributed by atoms with Crippen molar-refractivity contribution < 1.29 is 16.8 Å². The van der Waals surface area contributed by atoms with E-state index >= 15 is 0 Å². The van der Waals surface area contributed by atoms with Crippen molar-refractivity contribution in [1.29, 1.82) is 0 Å². The van der Waals surface area contributed by atoms with E-state index in [9.17, 15) is 16.8 Å². The first kappa shape index (κ1) is 15.4. The first-order chi connectivity index (χ1) is 9.29. The molecule has 1 aliphatic rings. The van der Waals surface area contributed by atoms with Crippen molar-refractivity contribution in [3.8, 4) is 0 Å². The molecule has 0 unspecified atom stereocenters. The van der Waals surface area contributed by atoms with Gasteiger partial charge in [0.15, 0.2) is 0 Å². The second kappa shape index (κ2) is 5.78. The molecule has 7 nitrogen and oxygen atoms in total. The fourth-order valence-electron chi connectivity index (χ4n) is 2.03. The SMILES string of the molecule is NS(=O)(=O)c1cccc(CNS(=O)(=O)N2CCCC2)c1. The lowest BCUT2D eigenvalue weighted by molar-refractivity contribution is 0.464. The summed E-state index contributed by atoms with van der Waals surface area (Å²) in [5.41, 5.74) is 0.541. The number of hydrogen-bond acceptors (Lipinski definition) is 4. The molecule has 0 bridgehead atoms. The van der Waals surface area contributed by atoms with Crippen LogP contribution < -0.4 is 9.86 Å².